The first kappa shape index (κ1) is 16.2. The first-order valence-corrected chi connectivity index (χ1v) is 7.71. The minimum absolute atomic E-state index is 0.184. The third-order valence-electron chi connectivity index (χ3n) is 3.39. The van der Waals surface area contributed by atoms with Crippen LogP contribution < -0.4 is 10.1 Å². The normalized spacial score (nSPS) is 12.2. The molecule has 2 rings (SSSR count). The van der Waals surface area contributed by atoms with E-state index in [0.717, 1.165) is 24.3 Å². The van der Waals surface area contributed by atoms with Gasteiger partial charge in [-0.1, -0.05) is 48.3 Å². The smallest absolute Gasteiger partial charge is 0.119 e. The van der Waals surface area contributed by atoms with Crippen LogP contribution in [0.2, 0.25) is 10.0 Å². The molecule has 1 unspecified atom stereocenters. The van der Waals surface area contributed by atoms with E-state index in [9.17, 15) is 0 Å². The number of hydrogen-bond donors (Lipinski definition) is 1. The Hall–Kier alpha value is -1.22. The molecular weight excluding hydrogens is 305 g/mol. The van der Waals surface area contributed by atoms with Crippen molar-refractivity contribution < 1.29 is 4.74 Å². The van der Waals surface area contributed by atoms with Crippen molar-refractivity contribution in [1.29, 1.82) is 0 Å². The highest BCUT2D eigenvalue weighted by atomic mass is 35.5. The summed E-state index contributed by atoms with van der Waals surface area (Å²) >= 11 is 12.2. The lowest BCUT2D eigenvalue weighted by Gasteiger charge is -2.20. The third kappa shape index (κ3) is 4.37. The molecule has 0 aliphatic heterocycles. The van der Waals surface area contributed by atoms with E-state index in [4.69, 9.17) is 27.9 Å². The molecular formula is C17H19Cl2NO. The average molecular weight is 324 g/mol. The SMILES string of the molecule is CCNC(Cc1ccc(Cl)cc1Cl)c1cccc(OC)c1. The van der Waals surface area contributed by atoms with Crippen LogP contribution in [-0.4, -0.2) is 13.7 Å². The average Bonchev–Trinajstić information content (AvgIpc) is 2.49. The summed E-state index contributed by atoms with van der Waals surface area (Å²) in [7, 11) is 1.68. The topological polar surface area (TPSA) is 21.3 Å². The van der Waals surface area contributed by atoms with Crippen LogP contribution in [-0.2, 0) is 6.42 Å². The zero-order chi connectivity index (χ0) is 15.2. The highest BCUT2D eigenvalue weighted by Crippen LogP contribution is 2.27. The number of nitrogens with one attached hydrogen (secondary N) is 1. The van der Waals surface area contributed by atoms with Gasteiger partial charge in [-0.2, -0.15) is 0 Å². The molecule has 0 heterocycles. The van der Waals surface area contributed by atoms with Crippen LogP contribution in [0.1, 0.15) is 24.1 Å². The van der Waals surface area contributed by atoms with Crippen molar-refractivity contribution in [3.05, 3.63) is 63.6 Å². The maximum absolute atomic E-state index is 6.28. The van der Waals surface area contributed by atoms with Crippen LogP contribution in [0.3, 0.4) is 0 Å². The summed E-state index contributed by atoms with van der Waals surface area (Å²) in [4.78, 5) is 0. The van der Waals surface area contributed by atoms with Crippen molar-refractivity contribution in [3.63, 3.8) is 0 Å². The summed E-state index contributed by atoms with van der Waals surface area (Å²) < 4.78 is 5.30. The minimum atomic E-state index is 0.184. The number of benzene rings is 2. The van der Waals surface area contributed by atoms with E-state index in [0.29, 0.717) is 10.0 Å². The molecule has 1 atom stereocenters. The van der Waals surface area contributed by atoms with Gasteiger partial charge in [-0.25, -0.2) is 0 Å². The lowest BCUT2D eigenvalue weighted by atomic mass is 9.98. The molecule has 0 aliphatic rings. The fraction of sp³-hybridized carbons (Fsp3) is 0.294. The van der Waals surface area contributed by atoms with Crippen LogP contribution in [0, 0.1) is 0 Å². The van der Waals surface area contributed by atoms with Crippen LogP contribution in [0.15, 0.2) is 42.5 Å². The van der Waals surface area contributed by atoms with Crippen molar-refractivity contribution in [2.75, 3.05) is 13.7 Å². The Bertz CT molecular complexity index is 601. The number of ether oxygens (including phenoxy) is 1. The highest BCUT2D eigenvalue weighted by molar-refractivity contribution is 6.35. The molecule has 0 bridgehead atoms. The molecule has 0 saturated carbocycles. The molecule has 2 aromatic rings. The quantitative estimate of drug-likeness (QED) is 0.816. The van der Waals surface area contributed by atoms with E-state index in [-0.39, 0.29) is 6.04 Å². The molecule has 0 radical (unpaired) electrons. The van der Waals surface area contributed by atoms with Gasteiger partial charge in [0, 0.05) is 16.1 Å². The molecule has 0 aromatic heterocycles. The summed E-state index contributed by atoms with van der Waals surface area (Å²) in [5.74, 6) is 0.859. The zero-order valence-electron chi connectivity index (χ0n) is 12.2. The first-order chi connectivity index (χ1) is 10.1. The lowest BCUT2D eigenvalue weighted by molar-refractivity contribution is 0.413. The molecule has 4 heteroatoms. The second-order valence-corrected chi connectivity index (χ2v) is 5.67. The summed E-state index contributed by atoms with van der Waals surface area (Å²) in [6.07, 6.45) is 0.803. The number of rotatable bonds is 6. The molecule has 2 nitrogen and oxygen atoms in total. The van der Waals surface area contributed by atoms with Gasteiger partial charge in [-0.15, -0.1) is 0 Å². The van der Waals surface area contributed by atoms with Gasteiger partial charge in [-0.05, 0) is 48.4 Å². The lowest BCUT2D eigenvalue weighted by Crippen LogP contribution is -2.23. The Morgan fingerprint density at radius 2 is 1.95 bits per heavy atom. The zero-order valence-corrected chi connectivity index (χ0v) is 13.7. The number of methoxy groups -OCH3 is 1. The Morgan fingerprint density at radius 3 is 2.62 bits per heavy atom. The van der Waals surface area contributed by atoms with Gasteiger partial charge in [0.05, 0.1) is 7.11 Å². The number of hydrogen-bond acceptors (Lipinski definition) is 2. The third-order valence-corrected chi connectivity index (χ3v) is 3.97. The van der Waals surface area contributed by atoms with Gasteiger partial charge in [-0.3, -0.25) is 0 Å². The molecule has 2 aromatic carbocycles. The van der Waals surface area contributed by atoms with E-state index in [1.807, 2.05) is 24.3 Å². The van der Waals surface area contributed by atoms with Gasteiger partial charge in [0.15, 0.2) is 0 Å². The number of halogens is 2. The van der Waals surface area contributed by atoms with Gasteiger partial charge < -0.3 is 10.1 Å². The molecule has 0 fully saturated rings. The van der Waals surface area contributed by atoms with Gasteiger partial charge in [0.2, 0.25) is 0 Å². The summed E-state index contributed by atoms with van der Waals surface area (Å²) in [6, 6.07) is 13.9. The molecule has 0 aliphatic carbocycles. The molecule has 0 spiro atoms. The maximum Gasteiger partial charge on any atom is 0.119 e. The van der Waals surface area contributed by atoms with Crippen LogP contribution >= 0.6 is 23.2 Å². The highest BCUT2D eigenvalue weighted by Gasteiger charge is 2.14. The van der Waals surface area contributed by atoms with E-state index in [1.54, 1.807) is 13.2 Å². The van der Waals surface area contributed by atoms with Crippen LogP contribution in [0.4, 0.5) is 0 Å². The van der Waals surface area contributed by atoms with Crippen molar-refractivity contribution in [3.8, 4) is 5.75 Å². The minimum Gasteiger partial charge on any atom is -0.497 e. The second kappa shape index (κ2) is 7.69. The maximum atomic E-state index is 6.28. The van der Waals surface area contributed by atoms with E-state index in [1.165, 1.54) is 5.56 Å². The second-order valence-electron chi connectivity index (χ2n) is 4.83. The molecule has 0 amide bonds. The standard InChI is InChI=1S/C17H19Cl2NO/c1-3-20-17(13-5-4-6-15(9-13)21-2)10-12-7-8-14(18)11-16(12)19/h4-9,11,17,20H,3,10H2,1-2H3. The molecule has 1 N–H and O–H groups in total. The Morgan fingerprint density at radius 1 is 1.14 bits per heavy atom. The largest absolute Gasteiger partial charge is 0.497 e. The molecule has 0 saturated heterocycles. The summed E-state index contributed by atoms with van der Waals surface area (Å²) in [5.41, 5.74) is 2.26. The predicted octanol–water partition coefficient (Wildman–Crippen LogP) is 4.90. The number of likely N-dealkylation sites (N-methyl/N-ethyl adjacent to an activating group) is 1. The van der Waals surface area contributed by atoms with Gasteiger partial charge in [0.1, 0.15) is 5.75 Å². The first-order valence-electron chi connectivity index (χ1n) is 6.95. The van der Waals surface area contributed by atoms with Crippen molar-refractivity contribution in [2.24, 2.45) is 0 Å². The fourth-order valence-electron chi connectivity index (χ4n) is 2.32. The van der Waals surface area contributed by atoms with Gasteiger partial charge >= 0.3 is 0 Å². The predicted molar refractivity (Wildman–Crippen MR) is 89.6 cm³/mol. The Labute approximate surface area is 136 Å². The Balaban J connectivity index is 2.25. The van der Waals surface area contributed by atoms with Crippen molar-refractivity contribution in [1.82, 2.24) is 5.32 Å². The summed E-state index contributed by atoms with van der Waals surface area (Å²) in [6.45, 7) is 2.98. The van der Waals surface area contributed by atoms with Crippen molar-refractivity contribution in [2.45, 2.75) is 19.4 Å². The fourth-order valence-corrected chi connectivity index (χ4v) is 2.81. The van der Waals surface area contributed by atoms with Crippen LogP contribution in [0.25, 0.3) is 0 Å². The van der Waals surface area contributed by atoms with E-state index in [2.05, 4.69) is 24.4 Å². The Kier molecular flexibility index (Phi) is 5.92. The van der Waals surface area contributed by atoms with Crippen molar-refractivity contribution >= 4 is 23.2 Å². The van der Waals surface area contributed by atoms with E-state index < -0.39 is 0 Å². The molecule has 112 valence electrons. The summed E-state index contributed by atoms with van der Waals surface area (Å²) in [5, 5.41) is 4.85. The molecule has 21 heavy (non-hydrogen) atoms. The monoisotopic (exact) mass is 323 g/mol. The van der Waals surface area contributed by atoms with E-state index >= 15 is 0 Å². The van der Waals surface area contributed by atoms with Crippen LogP contribution in [0.5, 0.6) is 5.75 Å². The van der Waals surface area contributed by atoms with Gasteiger partial charge in [0.25, 0.3) is 0 Å².